The number of halogens is 2. The molecule has 0 unspecified atom stereocenters. The quantitative estimate of drug-likeness (QED) is 0.101. The summed E-state index contributed by atoms with van der Waals surface area (Å²) in [5, 5.41) is 6.95. The second-order valence-electron chi connectivity index (χ2n) is 15.8. The third-order valence-electron chi connectivity index (χ3n) is 11.7. The van der Waals surface area contributed by atoms with Crippen molar-refractivity contribution >= 4 is 24.8 Å². The van der Waals surface area contributed by atoms with Gasteiger partial charge in [-0.05, 0) is 136 Å². The summed E-state index contributed by atoms with van der Waals surface area (Å²) < 4.78 is 33.5. The Balaban J connectivity index is 0.000000315. The molecular weight excluding hydrogens is 821 g/mol. The minimum Gasteiger partial charge on any atom is -0.496 e. The van der Waals surface area contributed by atoms with Gasteiger partial charge in [-0.25, -0.2) is 0 Å². The second kappa shape index (κ2) is 30.2. The van der Waals surface area contributed by atoms with E-state index in [0.29, 0.717) is 11.8 Å². The van der Waals surface area contributed by atoms with Crippen molar-refractivity contribution in [2.75, 3.05) is 68.8 Å². The molecule has 0 saturated carbocycles. The monoisotopic (exact) mass is 898 g/mol. The molecule has 11 heteroatoms. The number of nitrogens with zero attached hydrogens (tertiary/aromatic N) is 1. The molecule has 9 nitrogen and oxygen atoms in total. The van der Waals surface area contributed by atoms with Gasteiger partial charge in [0.2, 0.25) is 0 Å². The van der Waals surface area contributed by atoms with E-state index in [1.54, 1.807) is 48.9 Å². The Bertz CT molecular complexity index is 1750. The highest BCUT2D eigenvalue weighted by atomic mass is 35.5. The zero-order valence-electron chi connectivity index (χ0n) is 39.2. The smallest absolute Gasteiger partial charge is 0.127 e. The van der Waals surface area contributed by atoms with Crippen LogP contribution >= 0.6 is 24.8 Å². The van der Waals surface area contributed by atoms with Gasteiger partial charge in [-0.3, -0.25) is 4.98 Å². The topological polar surface area (TPSA) is 92.3 Å². The Morgan fingerprint density at radius 3 is 1.27 bits per heavy atom. The Labute approximate surface area is 386 Å². The van der Waals surface area contributed by atoms with Crippen LogP contribution in [0.2, 0.25) is 0 Å². The van der Waals surface area contributed by atoms with Crippen LogP contribution in [0.4, 0.5) is 0 Å². The van der Waals surface area contributed by atoms with Gasteiger partial charge >= 0.3 is 0 Å². The van der Waals surface area contributed by atoms with Crippen molar-refractivity contribution in [3.63, 3.8) is 0 Å². The number of unbranched alkanes of at least 4 members (excludes halogenated alkanes) is 3. The number of benzene rings is 3. The fourth-order valence-corrected chi connectivity index (χ4v) is 8.24. The second-order valence-corrected chi connectivity index (χ2v) is 15.8. The summed E-state index contributed by atoms with van der Waals surface area (Å²) in [6, 6.07) is 16.8. The third-order valence-corrected chi connectivity index (χ3v) is 11.7. The number of aryl methyl sites for hydroxylation is 3. The molecule has 6 rings (SSSR count). The van der Waals surface area contributed by atoms with Crippen LogP contribution in [0.15, 0.2) is 60.9 Å². The number of rotatable bonds is 18. The van der Waals surface area contributed by atoms with E-state index in [-0.39, 0.29) is 24.8 Å². The fraction of sp³-hybridized carbons (Fsp3) is 0.549. The fourth-order valence-electron chi connectivity index (χ4n) is 8.24. The maximum absolute atomic E-state index is 5.64. The van der Waals surface area contributed by atoms with Crippen molar-refractivity contribution in [1.82, 2.24) is 15.6 Å². The molecule has 2 atom stereocenters. The van der Waals surface area contributed by atoms with Crippen molar-refractivity contribution in [3.05, 3.63) is 88.7 Å². The van der Waals surface area contributed by atoms with E-state index in [2.05, 4.69) is 66.7 Å². The molecule has 1 aromatic heterocycles. The summed E-state index contributed by atoms with van der Waals surface area (Å²) in [5.41, 5.74) is 8.34. The lowest BCUT2D eigenvalue weighted by atomic mass is 9.89. The van der Waals surface area contributed by atoms with Crippen LogP contribution in [0.1, 0.15) is 125 Å². The number of methoxy groups -OCH3 is 6. The number of pyridine rings is 1. The number of aromatic nitrogens is 1. The lowest BCUT2D eigenvalue weighted by molar-refractivity contribution is 0.381. The number of hydrogen-bond donors (Lipinski definition) is 2. The largest absolute Gasteiger partial charge is 0.496 e. The molecule has 0 bridgehead atoms. The van der Waals surface area contributed by atoms with Crippen LogP contribution in [0, 0.1) is 0 Å². The Morgan fingerprint density at radius 1 is 0.532 bits per heavy atom. The van der Waals surface area contributed by atoms with E-state index >= 15 is 0 Å². The van der Waals surface area contributed by atoms with Crippen molar-refractivity contribution in [3.8, 4) is 45.6 Å². The maximum Gasteiger partial charge on any atom is 0.127 e. The van der Waals surface area contributed by atoms with E-state index in [9.17, 15) is 0 Å². The lowest BCUT2D eigenvalue weighted by Gasteiger charge is -2.26. The Hall–Kier alpha value is -3.89. The first-order valence-corrected chi connectivity index (χ1v) is 22.5. The Morgan fingerprint density at radius 2 is 0.935 bits per heavy atom. The molecule has 2 saturated heterocycles. The molecule has 4 aromatic rings. The van der Waals surface area contributed by atoms with Crippen molar-refractivity contribution < 1.29 is 28.4 Å². The summed E-state index contributed by atoms with van der Waals surface area (Å²) in [6.07, 6.45) is 18.7. The summed E-state index contributed by atoms with van der Waals surface area (Å²) in [6.45, 7) is 10.9. The minimum atomic E-state index is 0. The van der Waals surface area contributed by atoms with Gasteiger partial charge in [0.15, 0.2) is 0 Å². The van der Waals surface area contributed by atoms with E-state index in [4.69, 9.17) is 28.4 Å². The molecular formula is C51H77Cl2N3O6. The molecule has 0 spiro atoms. The van der Waals surface area contributed by atoms with Crippen LogP contribution in [0.3, 0.4) is 0 Å². The molecule has 3 heterocycles. The van der Waals surface area contributed by atoms with Gasteiger partial charge in [-0.2, -0.15) is 0 Å². The average Bonchev–Trinajstić information content (AvgIpc) is 3.32. The molecule has 0 aliphatic carbocycles. The predicted octanol–water partition coefficient (Wildman–Crippen LogP) is 12.0. The first-order valence-electron chi connectivity index (χ1n) is 22.5. The molecule has 0 amide bonds. The molecule has 62 heavy (non-hydrogen) atoms. The van der Waals surface area contributed by atoms with E-state index in [1.165, 1.54) is 79.2 Å². The number of ether oxygens (including phenoxy) is 6. The minimum absolute atomic E-state index is 0. The van der Waals surface area contributed by atoms with Crippen molar-refractivity contribution in [2.45, 2.75) is 116 Å². The maximum atomic E-state index is 5.64. The van der Waals surface area contributed by atoms with Crippen LogP contribution in [-0.4, -0.2) is 73.8 Å². The highest BCUT2D eigenvalue weighted by molar-refractivity contribution is 5.85. The molecule has 2 aliphatic rings. The SMILES string of the molecule is CCCCc1cc(OC)c(-c2cccnc2)cc1OC.CCCCc1cc(OC)c([C@@H]2CCCNC2)cc1OC.CCCCc1cc(OC)c([C@H]2CCCNC2)cc1OC.Cl.Cl. The number of nitrogens with one attached hydrogen (secondary N) is 2. The zero-order chi connectivity index (χ0) is 43.1. The van der Waals surface area contributed by atoms with E-state index in [1.807, 2.05) is 24.4 Å². The van der Waals surface area contributed by atoms with Crippen molar-refractivity contribution in [1.29, 1.82) is 0 Å². The Kier molecular flexibility index (Phi) is 26.5. The van der Waals surface area contributed by atoms with E-state index in [0.717, 1.165) is 104 Å². The summed E-state index contributed by atoms with van der Waals surface area (Å²) in [5.74, 6) is 6.92. The number of hydrogen-bond acceptors (Lipinski definition) is 9. The highest BCUT2D eigenvalue weighted by Crippen LogP contribution is 2.39. The van der Waals surface area contributed by atoms with Crippen LogP contribution in [0.25, 0.3) is 11.1 Å². The van der Waals surface area contributed by atoms with Crippen molar-refractivity contribution in [2.24, 2.45) is 0 Å². The van der Waals surface area contributed by atoms with Gasteiger partial charge in [0, 0.05) is 59.6 Å². The number of piperidine rings is 2. The molecule has 0 radical (unpaired) electrons. The molecule has 2 N–H and O–H groups in total. The van der Waals surface area contributed by atoms with Gasteiger partial charge in [0.05, 0.1) is 42.7 Å². The molecule has 346 valence electrons. The van der Waals surface area contributed by atoms with Gasteiger partial charge < -0.3 is 39.1 Å². The predicted molar refractivity (Wildman–Crippen MR) is 262 cm³/mol. The standard InChI is InChI=1S/2C17H27NO2.C17H21NO2.2ClH/c3*1-4-5-7-13-10-17(20-3)15(11-16(13)19-2)14-8-6-9-18-12-14;;/h2*10-11,14,18H,4-9,12H2,1-3H3;6,8-12H,4-5,7H2,1-3H3;2*1H/t2*14-;;;/m10.../s1. The molecule has 2 fully saturated rings. The highest BCUT2D eigenvalue weighted by Gasteiger charge is 2.23. The lowest BCUT2D eigenvalue weighted by Crippen LogP contribution is -2.28. The normalized spacial score (nSPS) is 15.5. The first kappa shape index (κ1) is 54.2. The summed E-state index contributed by atoms with van der Waals surface area (Å²) in [7, 11) is 10.5. The molecule has 2 aliphatic heterocycles. The van der Waals surface area contributed by atoms with Gasteiger partial charge in [-0.1, -0.05) is 46.1 Å². The van der Waals surface area contributed by atoms with Crippen LogP contribution < -0.4 is 39.1 Å². The van der Waals surface area contributed by atoms with Crippen LogP contribution in [-0.2, 0) is 19.3 Å². The average molecular weight is 899 g/mol. The molecule has 3 aromatic carbocycles. The van der Waals surface area contributed by atoms with E-state index < -0.39 is 0 Å². The zero-order valence-corrected chi connectivity index (χ0v) is 40.8. The summed E-state index contributed by atoms with van der Waals surface area (Å²) in [4.78, 5) is 4.17. The van der Waals surface area contributed by atoms with Gasteiger partial charge in [0.25, 0.3) is 0 Å². The van der Waals surface area contributed by atoms with Gasteiger partial charge in [-0.15, -0.1) is 24.8 Å². The first-order chi connectivity index (χ1) is 29.4. The van der Waals surface area contributed by atoms with Gasteiger partial charge in [0.1, 0.15) is 34.5 Å². The third kappa shape index (κ3) is 15.7. The summed E-state index contributed by atoms with van der Waals surface area (Å²) >= 11 is 0. The van der Waals surface area contributed by atoms with Crippen LogP contribution in [0.5, 0.6) is 34.5 Å².